The van der Waals surface area contributed by atoms with Crippen LogP contribution >= 0.6 is 11.8 Å². The number of anilines is 2. The van der Waals surface area contributed by atoms with Crippen molar-refractivity contribution in [3.8, 4) is 12.3 Å². The standard InChI is InChI=1S/C20H21N5S/c1-3-14(2)7-10-22-19-18-17(8-11-26-18)23-20(24-19)25-12-15(13-25)16-6-4-5-9-21-16/h1,4-6,9,15H,2,7-8,10-13H2,(H,22,23,24). The first kappa shape index (κ1) is 16.9. The molecule has 6 heteroatoms. The second-order valence-electron chi connectivity index (χ2n) is 6.53. The summed E-state index contributed by atoms with van der Waals surface area (Å²) in [7, 11) is 0. The van der Waals surface area contributed by atoms with Gasteiger partial charge >= 0.3 is 0 Å². The number of rotatable bonds is 6. The number of nitrogens with one attached hydrogen (secondary N) is 1. The summed E-state index contributed by atoms with van der Waals surface area (Å²) in [6.07, 6.45) is 8.98. The van der Waals surface area contributed by atoms with Gasteiger partial charge < -0.3 is 10.2 Å². The number of nitrogens with zero attached hydrogens (tertiary/aromatic N) is 4. The smallest absolute Gasteiger partial charge is 0.227 e. The van der Waals surface area contributed by atoms with Gasteiger partial charge in [0.1, 0.15) is 5.82 Å². The normalized spacial score (nSPS) is 15.9. The summed E-state index contributed by atoms with van der Waals surface area (Å²) in [6, 6.07) is 6.09. The van der Waals surface area contributed by atoms with Crippen molar-refractivity contribution in [2.24, 2.45) is 0 Å². The van der Waals surface area contributed by atoms with Gasteiger partial charge in [0.2, 0.25) is 5.95 Å². The molecule has 2 aromatic heterocycles. The lowest BCUT2D eigenvalue weighted by Crippen LogP contribution is -2.46. The molecular weight excluding hydrogens is 342 g/mol. The Labute approximate surface area is 158 Å². The van der Waals surface area contributed by atoms with Gasteiger partial charge in [0.15, 0.2) is 0 Å². The molecule has 1 saturated heterocycles. The summed E-state index contributed by atoms with van der Waals surface area (Å²) in [6.45, 7) is 6.42. The van der Waals surface area contributed by atoms with Crippen LogP contribution in [0, 0.1) is 12.3 Å². The monoisotopic (exact) mass is 363 g/mol. The number of terminal acetylenes is 1. The van der Waals surface area contributed by atoms with E-state index in [9.17, 15) is 0 Å². The van der Waals surface area contributed by atoms with E-state index in [1.54, 1.807) is 0 Å². The van der Waals surface area contributed by atoms with Gasteiger partial charge in [0, 0.05) is 49.6 Å². The third-order valence-corrected chi connectivity index (χ3v) is 5.83. The number of pyridine rings is 1. The molecule has 0 unspecified atom stereocenters. The van der Waals surface area contributed by atoms with E-state index in [1.165, 1.54) is 4.90 Å². The van der Waals surface area contributed by atoms with Crippen LogP contribution in [0.1, 0.15) is 23.7 Å². The number of hydrogen-bond donors (Lipinski definition) is 1. The molecular formula is C20H21N5S. The molecule has 26 heavy (non-hydrogen) atoms. The first-order chi connectivity index (χ1) is 12.7. The van der Waals surface area contributed by atoms with Crippen molar-refractivity contribution in [3.05, 3.63) is 47.9 Å². The maximum Gasteiger partial charge on any atom is 0.227 e. The van der Waals surface area contributed by atoms with Gasteiger partial charge in [-0.25, -0.2) is 4.98 Å². The van der Waals surface area contributed by atoms with Crippen LogP contribution in [0.5, 0.6) is 0 Å². The molecule has 4 rings (SSSR count). The zero-order chi connectivity index (χ0) is 17.9. The average molecular weight is 363 g/mol. The Morgan fingerprint density at radius 3 is 3.04 bits per heavy atom. The van der Waals surface area contributed by atoms with E-state index in [0.717, 1.165) is 67.0 Å². The van der Waals surface area contributed by atoms with Gasteiger partial charge in [-0.2, -0.15) is 4.98 Å². The van der Waals surface area contributed by atoms with Crippen LogP contribution in [0.15, 0.2) is 41.4 Å². The van der Waals surface area contributed by atoms with E-state index in [0.29, 0.717) is 5.92 Å². The van der Waals surface area contributed by atoms with Crippen molar-refractivity contribution in [1.82, 2.24) is 15.0 Å². The summed E-state index contributed by atoms with van der Waals surface area (Å²) < 4.78 is 0. The predicted molar refractivity (Wildman–Crippen MR) is 107 cm³/mol. The molecule has 132 valence electrons. The Kier molecular flexibility index (Phi) is 4.81. The molecule has 0 bridgehead atoms. The number of aromatic nitrogens is 3. The molecule has 2 aromatic rings. The maximum atomic E-state index is 5.37. The Morgan fingerprint density at radius 2 is 2.27 bits per heavy atom. The maximum absolute atomic E-state index is 5.37. The van der Waals surface area contributed by atoms with E-state index < -0.39 is 0 Å². The SMILES string of the molecule is C#CC(=C)CCNc1nc(N2CC(c3ccccn3)C2)nc2c1SCC2. The van der Waals surface area contributed by atoms with Crippen LogP contribution in [0.3, 0.4) is 0 Å². The van der Waals surface area contributed by atoms with Crippen molar-refractivity contribution >= 4 is 23.5 Å². The molecule has 0 spiro atoms. The lowest BCUT2D eigenvalue weighted by Gasteiger charge is -2.39. The van der Waals surface area contributed by atoms with Crippen LogP contribution < -0.4 is 10.2 Å². The fourth-order valence-electron chi connectivity index (χ4n) is 3.17. The van der Waals surface area contributed by atoms with Crippen LogP contribution in [-0.2, 0) is 6.42 Å². The van der Waals surface area contributed by atoms with E-state index in [1.807, 2.05) is 30.1 Å². The molecule has 0 aromatic carbocycles. The summed E-state index contributed by atoms with van der Waals surface area (Å²) in [5, 5.41) is 3.43. The van der Waals surface area contributed by atoms with Crippen LogP contribution in [0.25, 0.3) is 0 Å². The minimum atomic E-state index is 0.456. The Bertz CT molecular complexity index is 852. The minimum absolute atomic E-state index is 0.456. The van der Waals surface area contributed by atoms with E-state index in [2.05, 4.69) is 33.8 Å². The molecule has 0 saturated carbocycles. The second kappa shape index (κ2) is 7.38. The number of fused-ring (bicyclic) bond motifs is 1. The molecule has 0 atom stereocenters. The first-order valence-electron chi connectivity index (χ1n) is 8.82. The van der Waals surface area contributed by atoms with E-state index in [4.69, 9.17) is 16.4 Å². The van der Waals surface area contributed by atoms with Gasteiger partial charge in [-0.15, -0.1) is 18.2 Å². The zero-order valence-electron chi connectivity index (χ0n) is 14.6. The largest absolute Gasteiger partial charge is 0.369 e. The molecule has 0 aliphatic carbocycles. The molecule has 0 amide bonds. The highest BCUT2D eigenvalue weighted by Crippen LogP contribution is 2.38. The molecule has 0 radical (unpaired) electrons. The van der Waals surface area contributed by atoms with Gasteiger partial charge in [0.25, 0.3) is 0 Å². The lowest BCUT2D eigenvalue weighted by atomic mass is 9.96. The Hall–Kier alpha value is -2.52. The summed E-state index contributed by atoms with van der Waals surface area (Å²) >= 11 is 1.82. The van der Waals surface area contributed by atoms with Crippen LogP contribution in [0.4, 0.5) is 11.8 Å². The highest BCUT2D eigenvalue weighted by molar-refractivity contribution is 7.99. The number of thioether (sulfide) groups is 1. The zero-order valence-corrected chi connectivity index (χ0v) is 15.4. The fraction of sp³-hybridized carbons (Fsp3) is 0.350. The lowest BCUT2D eigenvalue weighted by molar-refractivity contribution is 0.502. The second-order valence-corrected chi connectivity index (χ2v) is 7.63. The molecule has 2 aliphatic heterocycles. The predicted octanol–water partition coefficient (Wildman–Crippen LogP) is 3.12. The number of hydrogen-bond acceptors (Lipinski definition) is 6. The Morgan fingerprint density at radius 1 is 1.38 bits per heavy atom. The third kappa shape index (κ3) is 3.40. The van der Waals surface area contributed by atoms with Crippen LogP contribution in [0.2, 0.25) is 0 Å². The highest BCUT2D eigenvalue weighted by atomic mass is 32.2. The third-order valence-electron chi connectivity index (χ3n) is 4.70. The van der Waals surface area contributed by atoms with Crippen molar-refractivity contribution < 1.29 is 0 Å². The average Bonchev–Trinajstić information content (AvgIpc) is 3.10. The van der Waals surface area contributed by atoms with Crippen molar-refractivity contribution in [3.63, 3.8) is 0 Å². The summed E-state index contributed by atoms with van der Waals surface area (Å²) in [4.78, 5) is 17.5. The summed E-state index contributed by atoms with van der Waals surface area (Å²) in [5.41, 5.74) is 3.10. The van der Waals surface area contributed by atoms with Crippen molar-refractivity contribution in [1.29, 1.82) is 0 Å². The Balaban J connectivity index is 1.47. The van der Waals surface area contributed by atoms with Gasteiger partial charge in [0.05, 0.1) is 10.6 Å². The molecule has 5 nitrogen and oxygen atoms in total. The first-order valence-corrected chi connectivity index (χ1v) is 9.81. The topological polar surface area (TPSA) is 53.9 Å². The van der Waals surface area contributed by atoms with Crippen molar-refractivity contribution in [2.75, 3.05) is 35.6 Å². The minimum Gasteiger partial charge on any atom is -0.369 e. The molecule has 1 N–H and O–H groups in total. The summed E-state index contributed by atoms with van der Waals surface area (Å²) in [5.74, 6) is 5.85. The van der Waals surface area contributed by atoms with Gasteiger partial charge in [-0.1, -0.05) is 18.6 Å². The van der Waals surface area contributed by atoms with E-state index in [-0.39, 0.29) is 0 Å². The van der Waals surface area contributed by atoms with Crippen molar-refractivity contribution in [2.45, 2.75) is 23.7 Å². The van der Waals surface area contributed by atoms with Crippen LogP contribution in [-0.4, -0.2) is 40.3 Å². The quantitative estimate of drug-likeness (QED) is 0.796. The molecule has 4 heterocycles. The molecule has 1 fully saturated rings. The van der Waals surface area contributed by atoms with Gasteiger partial charge in [-0.3, -0.25) is 4.98 Å². The number of aryl methyl sites for hydroxylation is 1. The van der Waals surface area contributed by atoms with Gasteiger partial charge in [-0.05, 0) is 24.1 Å². The fourth-order valence-corrected chi connectivity index (χ4v) is 4.23. The van der Waals surface area contributed by atoms with E-state index >= 15 is 0 Å². The highest BCUT2D eigenvalue weighted by Gasteiger charge is 2.32. The molecule has 2 aliphatic rings.